The first-order valence-corrected chi connectivity index (χ1v) is 6.40. The van der Waals surface area contributed by atoms with E-state index in [0.717, 1.165) is 32.4 Å². The Bertz CT molecular complexity index is 307. The van der Waals surface area contributed by atoms with E-state index in [2.05, 4.69) is 5.32 Å². The Morgan fingerprint density at radius 1 is 1.12 bits per heavy atom. The van der Waals surface area contributed by atoms with E-state index in [4.69, 9.17) is 5.11 Å². The zero-order chi connectivity index (χ0) is 12.3. The molecule has 1 saturated heterocycles. The lowest BCUT2D eigenvalue weighted by Gasteiger charge is -2.39. The maximum atomic E-state index is 11.9. The fourth-order valence-corrected chi connectivity index (χ4v) is 2.50. The number of nitrogens with zero attached hydrogens (tertiary/aromatic N) is 1. The summed E-state index contributed by atoms with van der Waals surface area (Å²) in [7, 11) is 0. The predicted molar refractivity (Wildman–Crippen MR) is 62.7 cm³/mol. The number of hydrogen-bond donors (Lipinski definition) is 2. The smallest absolute Gasteiger partial charge is 0.323 e. The molecule has 96 valence electrons. The molecule has 0 unspecified atom stereocenters. The van der Waals surface area contributed by atoms with Crippen molar-refractivity contribution < 1.29 is 14.7 Å². The summed E-state index contributed by atoms with van der Waals surface area (Å²) in [5.41, 5.74) is -0.828. The van der Waals surface area contributed by atoms with E-state index in [1.807, 2.05) is 4.90 Å². The molecule has 1 aliphatic heterocycles. The van der Waals surface area contributed by atoms with Crippen molar-refractivity contribution in [1.82, 2.24) is 10.2 Å². The number of amides is 1. The van der Waals surface area contributed by atoms with Crippen molar-refractivity contribution in [3.63, 3.8) is 0 Å². The second-order valence-electron chi connectivity index (χ2n) is 5.04. The number of aliphatic carboxylic acids is 1. The highest BCUT2D eigenvalue weighted by atomic mass is 16.4. The molecule has 0 bridgehead atoms. The SMILES string of the molecule is O=C(CNC1(C(=O)O)CCC1)N1CCCCC1. The van der Waals surface area contributed by atoms with E-state index in [1.54, 1.807) is 0 Å². The van der Waals surface area contributed by atoms with Crippen LogP contribution < -0.4 is 5.32 Å². The van der Waals surface area contributed by atoms with Crippen molar-refractivity contribution >= 4 is 11.9 Å². The number of carboxylic acids is 1. The van der Waals surface area contributed by atoms with Gasteiger partial charge in [0.1, 0.15) is 5.54 Å². The van der Waals surface area contributed by atoms with Crippen molar-refractivity contribution in [1.29, 1.82) is 0 Å². The first-order chi connectivity index (χ1) is 8.14. The van der Waals surface area contributed by atoms with Crippen LogP contribution in [0.15, 0.2) is 0 Å². The Balaban J connectivity index is 1.80. The van der Waals surface area contributed by atoms with Crippen LogP contribution in [0.25, 0.3) is 0 Å². The Labute approximate surface area is 101 Å². The minimum Gasteiger partial charge on any atom is -0.480 e. The van der Waals surface area contributed by atoms with Gasteiger partial charge < -0.3 is 10.0 Å². The van der Waals surface area contributed by atoms with Gasteiger partial charge in [0.15, 0.2) is 0 Å². The number of likely N-dealkylation sites (tertiary alicyclic amines) is 1. The summed E-state index contributed by atoms with van der Waals surface area (Å²) in [4.78, 5) is 24.8. The number of piperidine rings is 1. The van der Waals surface area contributed by atoms with Gasteiger partial charge in [0.25, 0.3) is 0 Å². The molecule has 5 nitrogen and oxygen atoms in total. The van der Waals surface area contributed by atoms with E-state index >= 15 is 0 Å². The Morgan fingerprint density at radius 3 is 2.24 bits per heavy atom. The van der Waals surface area contributed by atoms with Gasteiger partial charge in [-0.3, -0.25) is 14.9 Å². The number of carbonyl (C=O) groups excluding carboxylic acids is 1. The van der Waals surface area contributed by atoms with Crippen LogP contribution in [-0.2, 0) is 9.59 Å². The van der Waals surface area contributed by atoms with Crippen LogP contribution >= 0.6 is 0 Å². The van der Waals surface area contributed by atoms with E-state index in [-0.39, 0.29) is 12.5 Å². The molecule has 1 heterocycles. The summed E-state index contributed by atoms with van der Waals surface area (Å²) >= 11 is 0. The van der Waals surface area contributed by atoms with Crippen molar-refractivity contribution in [2.75, 3.05) is 19.6 Å². The molecule has 1 aliphatic carbocycles. The Morgan fingerprint density at radius 2 is 1.76 bits per heavy atom. The van der Waals surface area contributed by atoms with Gasteiger partial charge in [0.2, 0.25) is 5.91 Å². The predicted octanol–water partition coefficient (Wildman–Crippen LogP) is 0.596. The summed E-state index contributed by atoms with van der Waals surface area (Å²) in [6, 6.07) is 0. The van der Waals surface area contributed by atoms with Gasteiger partial charge in [0, 0.05) is 13.1 Å². The van der Waals surface area contributed by atoms with E-state index < -0.39 is 11.5 Å². The molecule has 0 aromatic carbocycles. The van der Waals surface area contributed by atoms with Gasteiger partial charge in [-0.05, 0) is 38.5 Å². The molecule has 0 aromatic rings. The third kappa shape index (κ3) is 2.60. The quantitative estimate of drug-likeness (QED) is 0.755. The van der Waals surface area contributed by atoms with E-state index in [0.29, 0.717) is 12.8 Å². The molecular formula is C12H20N2O3. The molecule has 0 spiro atoms. The molecule has 0 radical (unpaired) electrons. The summed E-state index contributed by atoms with van der Waals surface area (Å²) < 4.78 is 0. The minimum absolute atomic E-state index is 0.0391. The number of carboxylic acid groups (broad SMARTS) is 1. The van der Waals surface area contributed by atoms with E-state index in [9.17, 15) is 9.59 Å². The fraction of sp³-hybridized carbons (Fsp3) is 0.833. The number of carbonyl (C=O) groups is 2. The minimum atomic E-state index is -0.828. The van der Waals surface area contributed by atoms with Crippen LogP contribution in [0.3, 0.4) is 0 Å². The van der Waals surface area contributed by atoms with Gasteiger partial charge in [-0.2, -0.15) is 0 Å². The van der Waals surface area contributed by atoms with E-state index in [1.165, 1.54) is 6.42 Å². The van der Waals surface area contributed by atoms with Crippen LogP contribution in [0.4, 0.5) is 0 Å². The van der Waals surface area contributed by atoms with Crippen molar-refractivity contribution in [3.05, 3.63) is 0 Å². The van der Waals surface area contributed by atoms with Crippen LogP contribution in [0.1, 0.15) is 38.5 Å². The van der Waals surface area contributed by atoms with Crippen LogP contribution in [0, 0.1) is 0 Å². The lowest BCUT2D eigenvalue weighted by molar-refractivity contribution is -0.149. The van der Waals surface area contributed by atoms with Gasteiger partial charge >= 0.3 is 5.97 Å². The lowest BCUT2D eigenvalue weighted by Crippen LogP contribution is -2.59. The normalized spacial score (nSPS) is 22.9. The van der Waals surface area contributed by atoms with Crippen molar-refractivity contribution in [2.24, 2.45) is 0 Å². The second kappa shape index (κ2) is 5.04. The number of nitrogens with one attached hydrogen (secondary N) is 1. The lowest BCUT2D eigenvalue weighted by atomic mass is 9.77. The average Bonchev–Trinajstić information content (AvgIpc) is 2.28. The molecule has 17 heavy (non-hydrogen) atoms. The molecule has 2 N–H and O–H groups in total. The van der Waals surface area contributed by atoms with Crippen molar-refractivity contribution in [2.45, 2.75) is 44.1 Å². The second-order valence-corrected chi connectivity index (χ2v) is 5.04. The standard InChI is InChI=1S/C12H20N2O3/c15-10(14-7-2-1-3-8-14)9-13-12(11(16)17)5-4-6-12/h13H,1-9H2,(H,16,17). The highest BCUT2D eigenvalue weighted by molar-refractivity contribution is 5.83. The largest absolute Gasteiger partial charge is 0.480 e. The Hall–Kier alpha value is -1.10. The molecule has 2 rings (SSSR count). The molecule has 0 atom stereocenters. The first kappa shape index (κ1) is 12.4. The molecule has 0 aromatic heterocycles. The summed E-state index contributed by atoms with van der Waals surface area (Å²) in [5, 5.41) is 12.1. The Kier molecular flexibility index (Phi) is 3.66. The zero-order valence-electron chi connectivity index (χ0n) is 10.1. The first-order valence-electron chi connectivity index (χ1n) is 6.40. The van der Waals surface area contributed by atoms with Crippen LogP contribution in [0.2, 0.25) is 0 Å². The van der Waals surface area contributed by atoms with Crippen molar-refractivity contribution in [3.8, 4) is 0 Å². The zero-order valence-corrected chi connectivity index (χ0v) is 10.1. The van der Waals surface area contributed by atoms with Gasteiger partial charge in [-0.1, -0.05) is 0 Å². The molecule has 2 aliphatic rings. The van der Waals surface area contributed by atoms with Crippen LogP contribution in [0.5, 0.6) is 0 Å². The summed E-state index contributed by atoms with van der Waals surface area (Å²) in [6.07, 6.45) is 5.52. The van der Waals surface area contributed by atoms with Crippen LogP contribution in [-0.4, -0.2) is 47.1 Å². The average molecular weight is 240 g/mol. The number of hydrogen-bond acceptors (Lipinski definition) is 3. The molecule has 2 fully saturated rings. The summed E-state index contributed by atoms with van der Waals surface area (Å²) in [5.74, 6) is -0.785. The molecule has 5 heteroatoms. The fourth-order valence-electron chi connectivity index (χ4n) is 2.50. The molecule has 1 saturated carbocycles. The summed E-state index contributed by atoms with van der Waals surface area (Å²) in [6.45, 7) is 1.80. The molecular weight excluding hydrogens is 220 g/mol. The maximum Gasteiger partial charge on any atom is 0.323 e. The third-order valence-corrected chi connectivity index (χ3v) is 3.90. The van der Waals surface area contributed by atoms with Gasteiger partial charge in [0.05, 0.1) is 6.54 Å². The maximum absolute atomic E-state index is 11.9. The highest BCUT2D eigenvalue weighted by Gasteiger charge is 2.44. The van der Waals surface area contributed by atoms with Gasteiger partial charge in [-0.15, -0.1) is 0 Å². The monoisotopic (exact) mass is 240 g/mol. The highest BCUT2D eigenvalue weighted by Crippen LogP contribution is 2.31. The molecule has 1 amide bonds. The third-order valence-electron chi connectivity index (χ3n) is 3.90. The number of rotatable bonds is 4. The van der Waals surface area contributed by atoms with Gasteiger partial charge in [-0.25, -0.2) is 0 Å². The topological polar surface area (TPSA) is 69.6 Å².